The standard InChI is InChI=1S/C13H17NO3/c1-2-17-13(16)11(12(14)15)9-8-10-6-4-3-5-7-10/h3-7,11H,2,8-9H2,1H3,(H2,14,15). The fourth-order valence-corrected chi connectivity index (χ4v) is 1.57. The number of rotatable bonds is 6. The molecule has 0 bridgehead atoms. The van der Waals surface area contributed by atoms with Gasteiger partial charge in [-0.1, -0.05) is 30.3 Å². The van der Waals surface area contributed by atoms with Gasteiger partial charge in [-0.05, 0) is 25.3 Å². The van der Waals surface area contributed by atoms with E-state index < -0.39 is 17.8 Å². The molecule has 0 aliphatic carbocycles. The predicted octanol–water partition coefficient (Wildman–Crippen LogP) is 1.28. The second-order valence-electron chi connectivity index (χ2n) is 3.73. The van der Waals surface area contributed by atoms with Gasteiger partial charge in [-0.3, -0.25) is 9.59 Å². The smallest absolute Gasteiger partial charge is 0.318 e. The molecule has 0 aliphatic heterocycles. The Bertz CT molecular complexity index is 376. The van der Waals surface area contributed by atoms with Crippen molar-refractivity contribution in [3.8, 4) is 0 Å². The van der Waals surface area contributed by atoms with Crippen molar-refractivity contribution in [2.75, 3.05) is 6.61 Å². The lowest BCUT2D eigenvalue weighted by Gasteiger charge is -2.11. The fraction of sp³-hybridized carbons (Fsp3) is 0.385. The molecule has 1 amide bonds. The van der Waals surface area contributed by atoms with Crippen molar-refractivity contribution in [1.29, 1.82) is 0 Å². The first-order valence-electron chi connectivity index (χ1n) is 5.65. The first kappa shape index (κ1) is 13.2. The van der Waals surface area contributed by atoms with Crippen LogP contribution in [0.25, 0.3) is 0 Å². The molecule has 0 saturated carbocycles. The van der Waals surface area contributed by atoms with Crippen molar-refractivity contribution in [3.05, 3.63) is 35.9 Å². The number of aryl methyl sites for hydroxylation is 1. The zero-order valence-corrected chi connectivity index (χ0v) is 9.89. The number of benzene rings is 1. The quantitative estimate of drug-likeness (QED) is 0.596. The van der Waals surface area contributed by atoms with Crippen LogP contribution < -0.4 is 5.73 Å². The van der Waals surface area contributed by atoms with Crippen LogP contribution in [0.15, 0.2) is 30.3 Å². The molecule has 1 unspecified atom stereocenters. The molecule has 0 spiro atoms. The van der Waals surface area contributed by atoms with Gasteiger partial charge in [-0.2, -0.15) is 0 Å². The lowest BCUT2D eigenvalue weighted by Crippen LogP contribution is -2.32. The molecule has 0 aromatic heterocycles. The summed E-state index contributed by atoms with van der Waals surface area (Å²) in [6, 6.07) is 9.64. The number of hydrogen-bond acceptors (Lipinski definition) is 3. The fourth-order valence-electron chi connectivity index (χ4n) is 1.57. The second-order valence-corrected chi connectivity index (χ2v) is 3.73. The number of amides is 1. The van der Waals surface area contributed by atoms with Crippen LogP contribution in [-0.2, 0) is 20.7 Å². The number of hydrogen-bond donors (Lipinski definition) is 1. The van der Waals surface area contributed by atoms with Crippen LogP contribution in [0.1, 0.15) is 18.9 Å². The van der Waals surface area contributed by atoms with E-state index >= 15 is 0 Å². The number of nitrogens with two attached hydrogens (primary N) is 1. The number of carbonyl (C=O) groups is 2. The van der Waals surface area contributed by atoms with Crippen molar-refractivity contribution in [2.45, 2.75) is 19.8 Å². The van der Waals surface area contributed by atoms with E-state index in [0.717, 1.165) is 5.56 Å². The topological polar surface area (TPSA) is 69.4 Å². The van der Waals surface area contributed by atoms with Gasteiger partial charge in [-0.25, -0.2) is 0 Å². The Balaban J connectivity index is 2.56. The molecule has 4 nitrogen and oxygen atoms in total. The van der Waals surface area contributed by atoms with Crippen LogP contribution in [-0.4, -0.2) is 18.5 Å². The molecule has 0 radical (unpaired) electrons. The van der Waals surface area contributed by atoms with Crippen LogP contribution in [0, 0.1) is 5.92 Å². The van der Waals surface area contributed by atoms with E-state index in [2.05, 4.69) is 0 Å². The van der Waals surface area contributed by atoms with Crippen LogP contribution in [0.4, 0.5) is 0 Å². The molecule has 0 fully saturated rings. The minimum absolute atomic E-state index is 0.258. The highest BCUT2D eigenvalue weighted by molar-refractivity contribution is 5.96. The average molecular weight is 235 g/mol. The van der Waals surface area contributed by atoms with E-state index in [1.165, 1.54) is 0 Å². The van der Waals surface area contributed by atoms with Crippen LogP contribution in [0.2, 0.25) is 0 Å². The Morgan fingerprint density at radius 1 is 1.29 bits per heavy atom. The molecule has 1 atom stereocenters. The number of esters is 1. The van der Waals surface area contributed by atoms with E-state index in [0.29, 0.717) is 12.8 Å². The van der Waals surface area contributed by atoms with E-state index in [-0.39, 0.29) is 6.61 Å². The van der Waals surface area contributed by atoms with Crippen molar-refractivity contribution < 1.29 is 14.3 Å². The first-order chi connectivity index (χ1) is 8.15. The average Bonchev–Trinajstić information content (AvgIpc) is 2.30. The lowest BCUT2D eigenvalue weighted by molar-refractivity contribution is -0.151. The summed E-state index contributed by atoms with van der Waals surface area (Å²) in [5.74, 6) is -2.01. The summed E-state index contributed by atoms with van der Waals surface area (Å²) in [6.45, 7) is 1.96. The van der Waals surface area contributed by atoms with Crippen LogP contribution >= 0.6 is 0 Å². The lowest BCUT2D eigenvalue weighted by atomic mass is 9.99. The Hall–Kier alpha value is -1.84. The second kappa shape index (κ2) is 6.68. The SMILES string of the molecule is CCOC(=O)C(CCc1ccccc1)C(N)=O. The number of carbonyl (C=O) groups excluding carboxylic acids is 2. The van der Waals surface area contributed by atoms with Gasteiger partial charge in [0.25, 0.3) is 0 Å². The maximum atomic E-state index is 11.5. The van der Waals surface area contributed by atoms with E-state index in [1.807, 2.05) is 30.3 Å². The summed E-state index contributed by atoms with van der Waals surface area (Å²) in [6.07, 6.45) is 1.02. The first-order valence-corrected chi connectivity index (χ1v) is 5.65. The van der Waals surface area contributed by atoms with Crippen molar-refractivity contribution >= 4 is 11.9 Å². The third kappa shape index (κ3) is 4.26. The van der Waals surface area contributed by atoms with Crippen molar-refractivity contribution in [1.82, 2.24) is 0 Å². The van der Waals surface area contributed by atoms with Gasteiger partial charge in [0.05, 0.1) is 6.61 Å². The molecule has 17 heavy (non-hydrogen) atoms. The normalized spacial score (nSPS) is 11.8. The van der Waals surface area contributed by atoms with Crippen molar-refractivity contribution in [2.24, 2.45) is 11.7 Å². The third-order valence-corrected chi connectivity index (χ3v) is 2.48. The Labute approximate surface area is 101 Å². The van der Waals surface area contributed by atoms with Gasteiger partial charge < -0.3 is 10.5 Å². The molecular weight excluding hydrogens is 218 g/mol. The molecule has 92 valence electrons. The molecule has 1 aromatic rings. The maximum Gasteiger partial charge on any atom is 0.318 e. The maximum absolute atomic E-state index is 11.5. The summed E-state index contributed by atoms with van der Waals surface area (Å²) in [5, 5.41) is 0. The van der Waals surface area contributed by atoms with Gasteiger partial charge in [0.1, 0.15) is 5.92 Å². The Kier molecular flexibility index (Phi) is 5.20. The van der Waals surface area contributed by atoms with Gasteiger partial charge in [0.2, 0.25) is 5.91 Å². The Morgan fingerprint density at radius 2 is 1.94 bits per heavy atom. The summed E-state index contributed by atoms with van der Waals surface area (Å²) < 4.78 is 4.81. The van der Waals surface area contributed by atoms with Gasteiger partial charge >= 0.3 is 5.97 Å². The monoisotopic (exact) mass is 235 g/mol. The van der Waals surface area contributed by atoms with Gasteiger partial charge in [0, 0.05) is 0 Å². The predicted molar refractivity (Wildman–Crippen MR) is 64.1 cm³/mol. The number of ether oxygens (including phenoxy) is 1. The molecule has 0 aliphatic rings. The molecule has 0 saturated heterocycles. The van der Waals surface area contributed by atoms with E-state index in [4.69, 9.17) is 10.5 Å². The van der Waals surface area contributed by atoms with Crippen molar-refractivity contribution in [3.63, 3.8) is 0 Å². The largest absolute Gasteiger partial charge is 0.465 e. The summed E-state index contributed by atoms with van der Waals surface area (Å²) in [4.78, 5) is 22.6. The summed E-state index contributed by atoms with van der Waals surface area (Å²) >= 11 is 0. The zero-order valence-electron chi connectivity index (χ0n) is 9.89. The Morgan fingerprint density at radius 3 is 2.47 bits per heavy atom. The van der Waals surface area contributed by atoms with Crippen LogP contribution in [0.5, 0.6) is 0 Å². The van der Waals surface area contributed by atoms with E-state index in [9.17, 15) is 9.59 Å². The summed E-state index contributed by atoms with van der Waals surface area (Å²) in [5.41, 5.74) is 6.26. The van der Waals surface area contributed by atoms with Crippen LogP contribution in [0.3, 0.4) is 0 Å². The van der Waals surface area contributed by atoms with Gasteiger partial charge in [-0.15, -0.1) is 0 Å². The summed E-state index contributed by atoms with van der Waals surface area (Å²) in [7, 11) is 0. The minimum Gasteiger partial charge on any atom is -0.465 e. The highest BCUT2D eigenvalue weighted by Gasteiger charge is 2.25. The number of primary amides is 1. The zero-order chi connectivity index (χ0) is 12.7. The van der Waals surface area contributed by atoms with E-state index in [1.54, 1.807) is 6.92 Å². The highest BCUT2D eigenvalue weighted by Crippen LogP contribution is 2.11. The molecule has 1 aromatic carbocycles. The molecule has 2 N–H and O–H groups in total. The highest BCUT2D eigenvalue weighted by atomic mass is 16.5. The molecule has 4 heteroatoms. The van der Waals surface area contributed by atoms with Gasteiger partial charge in [0.15, 0.2) is 0 Å². The molecule has 1 rings (SSSR count). The molecular formula is C13H17NO3. The third-order valence-electron chi connectivity index (χ3n) is 2.48. The molecule has 0 heterocycles. The minimum atomic E-state index is -0.852.